The molecule has 0 spiro atoms. The molecule has 0 aliphatic carbocycles. The third-order valence-corrected chi connectivity index (χ3v) is 4.10. The first-order valence-corrected chi connectivity index (χ1v) is 7.72. The second-order valence-corrected chi connectivity index (χ2v) is 5.78. The minimum atomic E-state index is -0.226. The fourth-order valence-corrected chi connectivity index (χ4v) is 2.78. The summed E-state index contributed by atoms with van der Waals surface area (Å²) in [5, 5.41) is 9.07. The molecule has 0 aromatic heterocycles. The molecule has 0 saturated heterocycles. The molecule has 2 aromatic rings. The van der Waals surface area contributed by atoms with Crippen molar-refractivity contribution in [3.8, 4) is 0 Å². The molecule has 118 valence electrons. The Balaban J connectivity index is 1.52. The molecule has 23 heavy (non-hydrogen) atoms. The Morgan fingerprint density at radius 2 is 2.00 bits per heavy atom. The molecule has 1 aliphatic rings. The molecule has 2 aromatic carbocycles. The smallest absolute Gasteiger partial charge is 0.248 e. The van der Waals surface area contributed by atoms with Crippen LogP contribution in [-0.2, 0) is 16.0 Å². The third-order valence-electron chi connectivity index (χ3n) is 4.10. The highest BCUT2D eigenvalue weighted by molar-refractivity contribution is 6.06. The lowest BCUT2D eigenvalue weighted by Crippen LogP contribution is -2.31. The van der Waals surface area contributed by atoms with Gasteiger partial charge in [0, 0.05) is 12.3 Å². The van der Waals surface area contributed by atoms with Crippen LogP contribution < -0.4 is 10.7 Å². The second kappa shape index (κ2) is 6.60. The normalized spacial score (nSPS) is 17.0. The van der Waals surface area contributed by atoms with Crippen molar-refractivity contribution in [1.29, 1.82) is 0 Å². The van der Waals surface area contributed by atoms with Crippen LogP contribution >= 0.6 is 0 Å². The van der Waals surface area contributed by atoms with Gasteiger partial charge in [-0.05, 0) is 29.7 Å². The van der Waals surface area contributed by atoms with Gasteiger partial charge >= 0.3 is 0 Å². The van der Waals surface area contributed by atoms with E-state index in [4.69, 9.17) is 0 Å². The minimum absolute atomic E-state index is 0.0340. The number of carbonyl (C=O) groups excluding carboxylic acids is 2. The van der Waals surface area contributed by atoms with Gasteiger partial charge in [0.25, 0.3) is 0 Å². The second-order valence-electron chi connectivity index (χ2n) is 5.78. The van der Waals surface area contributed by atoms with Crippen molar-refractivity contribution in [1.82, 2.24) is 10.7 Å². The van der Waals surface area contributed by atoms with Crippen LogP contribution in [0, 0.1) is 5.92 Å². The molecule has 1 atom stereocenters. The lowest BCUT2D eigenvalue weighted by atomic mass is 10.0. The summed E-state index contributed by atoms with van der Waals surface area (Å²) in [6.07, 6.45) is 0.916. The average Bonchev–Trinajstić information content (AvgIpc) is 2.86. The number of nitrogens with zero attached hydrogens (tertiary/aromatic N) is 1. The number of nitrogens with one attached hydrogen (secondary N) is 2. The Morgan fingerprint density at radius 1 is 1.22 bits per heavy atom. The maximum Gasteiger partial charge on any atom is 0.248 e. The van der Waals surface area contributed by atoms with Crippen LogP contribution in [0.1, 0.15) is 18.9 Å². The van der Waals surface area contributed by atoms with Crippen LogP contribution in [0.5, 0.6) is 0 Å². The van der Waals surface area contributed by atoms with Gasteiger partial charge in [-0.1, -0.05) is 42.5 Å². The molecule has 2 N–H and O–H groups in total. The van der Waals surface area contributed by atoms with E-state index < -0.39 is 0 Å². The van der Waals surface area contributed by atoms with Crippen LogP contribution in [0.4, 0.5) is 0 Å². The largest absolute Gasteiger partial charge is 0.356 e. The Morgan fingerprint density at radius 3 is 2.74 bits per heavy atom. The van der Waals surface area contributed by atoms with Crippen molar-refractivity contribution >= 4 is 28.3 Å². The zero-order valence-electron chi connectivity index (χ0n) is 13.0. The summed E-state index contributed by atoms with van der Waals surface area (Å²) in [7, 11) is 0. The highest BCUT2D eigenvalue weighted by atomic mass is 16.2. The quantitative estimate of drug-likeness (QED) is 0.887. The number of hydrogen-bond acceptors (Lipinski definition) is 3. The molecule has 1 unspecified atom stereocenters. The van der Waals surface area contributed by atoms with Gasteiger partial charge in [0.2, 0.25) is 11.8 Å². The number of hydrazone groups is 1. The van der Waals surface area contributed by atoms with E-state index in [0.717, 1.165) is 16.7 Å². The van der Waals surface area contributed by atoms with Crippen LogP contribution in [0.15, 0.2) is 47.6 Å². The number of benzene rings is 2. The molecule has 2 amide bonds. The van der Waals surface area contributed by atoms with Crippen molar-refractivity contribution in [3.63, 3.8) is 0 Å². The summed E-state index contributed by atoms with van der Waals surface area (Å²) >= 11 is 0. The van der Waals surface area contributed by atoms with Crippen LogP contribution in [0.3, 0.4) is 0 Å². The lowest BCUT2D eigenvalue weighted by molar-refractivity contribution is -0.123. The Hall–Kier alpha value is -2.69. The molecule has 1 heterocycles. The summed E-state index contributed by atoms with van der Waals surface area (Å²) in [6.45, 7) is 2.29. The van der Waals surface area contributed by atoms with E-state index in [9.17, 15) is 9.59 Å². The SMILES string of the molecule is CC1=NNC(=O)C1CCNC(=O)Cc1ccc2ccccc2c1. The van der Waals surface area contributed by atoms with Crippen LogP contribution in [-0.4, -0.2) is 24.1 Å². The first-order chi connectivity index (χ1) is 11.1. The number of hydrogen-bond donors (Lipinski definition) is 2. The molecule has 3 rings (SSSR count). The van der Waals surface area contributed by atoms with Gasteiger partial charge in [-0.25, -0.2) is 5.43 Å². The Kier molecular flexibility index (Phi) is 4.37. The summed E-state index contributed by atoms with van der Waals surface area (Å²) < 4.78 is 0. The fraction of sp³-hybridized carbons (Fsp3) is 0.278. The van der Waals surface area contributed by atoms with Crippen molar-refractivity contribution in [2.75, 3.05) is 6.54 Å². The molecule has 1 aliphatic heterocycles. The van der Waals surface area contributed by atoms with Gasteiger partial charge in [-0.3, -0.25) is 9.59 Å². The first-order valence-electron chi connectivity index (χ1n) is 7.72. The van der Waals surface area contributed by atoms with Crippen molar-refractivity contribution in [2.45, 2.75) is 19.8 Å². The summed E-state index contributed by atoms with van der Waals surface area (Å²) in [4.78, 5) is 23.6. The van der Waals surface area contributed by atoms with Crippen LogP contribution in [0.25, 0.3) is 10.8 Å². The number of fused-ring (bicyclic) bond motifs is 1. The monoisotopic (exact) mass is 309 g/mol. The van der Waals surface area contributed by atoms with E-state index in [1.807, 2.05) is 43.3 Å². The molecule has 0 fully saturated rings. The molecular formula is C18H19N3O2. The number of amides is 2. The van der Waals surface area contributed by atoms with Gasteiger partial charge in [0.05, 0.1) is 12.3 Å². The van der Waals surface area contributed by atoms with Gasteiger partial charge in [0.15, 0.2) is 0 Å². The highest BCUT2D eigenvalue weighted by Crippen LogP contribution is 2.16. The molecule has 5 heteroatoms. The summed E-state index contributed by atoms with van der Waals surface area (Å²) in [5.41, 5.74) is 4.21. The summed E-state index contributed by atoms with van der Waals surface area (Å²) in [6, 6.07) is 14.1. The third kappa shape index (κ3) is 3.56. The van der Waals surface area contributed by atoms with Crippen molar-refractivity contribution in [3.05, 3.63) is 48.0 Å². The van der Waals surface area contributed by atoms with Gasteiger partial charge < -0.3 is 5.32 Å². The highest BCUT2D eigenvalue weighted by Gasteiger charge is 2.26. The average molecular weight is 309 g/mol. The fourth-order valence-electron chi connectivity index (χ4n) is 2.78. The standard InChI is InChI=1S/C18H19N3O2/c1-12-16(18(23)21-20-12)8-9-19-17(22)11-13-6-7-14-4-2-3-5-15(14)10-13/h2-7,10,16H,8-9,11H2,1H3,(H,19,22)(H,21,23). The van der Waals surface area contributed by atoms with E-state index in [1.165, 1.54) is 5.39 Å². The summed E-state index contributed by atoms with van der Waals surface area (Å²) in [5.74, 6) is -0.351. The van der Waals surface area contributed by atoms with E-state index in [2.05, 4.69) is 21.9 Å². The number of carbonyl (C=O) groups is 2. The van der Waals surface area contributed by atoms with Gasteiger partial charge in [-0.15, -0.1) is 0 Å². The maximum absolute atomic E-state index is 12.0. The predicted molar refractivity (Wildman–Crippen MR) is 90.0 cm³/mol. The van der Waals surface area contributed by atoms with Crippen molar-refractivity contribution < 1.29 is 9.59 Å². The predicted octanol–water partition coefficient (Wildman–Crippen LogP) is 2.01. The minimum Gasteiger partial charge on any atom is -0.356 e. The van der Waals surface area contributed by atoms with Gasteiger partial charge in [0.1, 0.15) is 0 Å². The van der Waals surface area contributed by atoms with E-state index in [1.54, 1.807) is 0 Å². The van der Waals surface area contributed by atoms with Crippen molar-refractivity contribution in [2.24, 2.45) is 11.0 Å². The maximum atomic E-state index is 12.0. The zero-order chi connectivity index (χ0) is 16.2. The van der Waals surface area contributed by atoms with Gasteiger partial charge in [-0.2, -0.15) is 5.10 Å². The topological polar surface area (TPSA) is 70.6 Å². The number of rotatable bonds is 5. The Labute approximate surface area is 134 Å². The molecule has 5 nitrogen and oxygen atoms in total. The Bertz CT molecular complexity index is 783. The zero-order valence-corrected chi connectivity index (χ0v) is 13.0. The molecule has 0 bridgehead atoms. The molecule has 0 saturated carbocycles. The van der Waals surface area contributed by atoms with E-state index >= 15 is 0 Å². The van der Waals surface area contributed by atoms with E-state index in [0.29, 0.717) is 19.4 Å². The van der Waals surface area contributed by atoms with Crippen LogP contribution in [0.2, 0.25) is 0 Å². The molecular weight excluding hydrogens is 290 g/mol. The molecule has 0 radical (unpaired) electrons. The lowest BCUT2D eigenvalue weighted by Gasteiger charge is -2.09. The van der Waals surface area contributed by atoms with E-state index in [-0.39, 0.29) is 17.7 Å². The first kappa shape index (κ1) is 15.2.